The molecule has 6 nitrogen and oxygen atoms in total. The molecule has 0 aliphatic heterocycles. The molecule has 0 unspecified atom stereocenters. The van der Waals surface area contributed by atoms with Gasteiger partial charge in [0.05, 0.1) is 27.8 Å². The molecule has 3 rings (SSSR count). The van der Waals surface area contributed by atoms with Crippen molar-refractivity contribution in [3.05, 3.63) is 50.3 Å². The summed E-state index contributed by atoms with van der Waals surface area (Å²) in [4.78, 5) is 33.5. The van der Waals surface area contributed by atoms with Gasteiger partial charge in [-0.2, -0.15) is 0 Å². The zero-order valence-electron chi connectivity index (χ0n) is 13.1. The van der Waals surface area contributed by atoms with Crippen molar-refractivity contribution in [3.8, 4) is 0 Å². The molecule has 1 amide bonds. The Morgan fingerprint density at radius 1 is 1.22 bits per heavy atom. The minimum atomic E-state index is -0.283. The number of aromatic nitrogens is 3. The third kappa shape index (κ3) is 3.19. The molecular formula is C16H18N4O2S. The van der Waals surface area contributed by atoms with Gasteiger partial charge < -0.3 is 15.3 Å². The predicted molar refractivity (Wildman–Crippen MR) is 91.0 cm³/mol. The lowest BCUT2D eigenvalue weighted by Gasteiger charge is -2.12. The second-order valence-electron chi connectivity index (χ2n) is 5.80. The van der Waals surface area contributed by atoms with E-state index in [4.69, 9.17) is 0 Å². The molecule has 0 aliphatic carbocycles. The molecular weight excluding hydrogens is 312 g/mol. The maximum Gasteiger partial charge on any atom is 0.323 e. The van der Waals surface area contributed by atoms with Gasteiger partial charge in [-0.25, -0.2) is 9.78 Å². The minimum Gasteiger partial charge on any atom is -0.344 e. The number of imidazole rings is 1. The highest BCUT2D eigenvalue weighted by Crippen LogP contribution is 2.23. The van der Waals surface area contributed by atoms with E-state index in [1.54, 1.807) is 29.5 Å². The van der Waals surface area contributed by atoms with E-state index in [-0.39, 0.29) is 17.6 Å². The van der Waals surface area contributed by atoms with Gasteiger partial charge in [0.15, 0.2) is 0 Å². The summed E-state index contributed by atoms with van der Waals surface area (Å²) >= 11 is 1.61. The molecule has 2 aromatic heterocycles. The molecule has 0 saturated carbocycles. The monoisotopic (exact) mass is 330 g/mol. The van der Waals surface area contributed by atoms with Gasteiger partial charge in [-0.05, 0) is 25.1 Å². The first-order chi connectivity index (χ1) is 10.9. The quantitative estimate of drug-likeness (QED) is 0.687. The summed E-state index contributed by atoms with van der Waals surface area (Å²) in [6.07, 6.45) is 0. The Morgan fingerprint density at radius 2 is 1.96 bits per heavy atom. The molecule has 0 radical (unpaired) electrons. The van der Waals surface area contributed by atoms with Crippen molar-refractivity contribution < 1.29 is 4.79 Å². The van der Waals surface area contributed by atoms with Gasteiger partial charge in [0.1, 0.15) is 0 Å². The average Bonchev–Trinajstić information content (AvgIpc) is 3.11. The van der Waals surface area contributed by atoms with Crippen molar-refractivity contribution in [2.75, 3.05) is 0 Å². The Hall–Kier alpha value is -2.41. The molecule has 3 N–H and O–H groups in total. The lowest BCUT2D eigenvalue weighted by atomic mass is 10.1. The van der Waals surface area contributed by atoms with E-state index in [1.807, 2.05) is 12.3 Å². The molecule has 7 heteroatoms. The topological polar surface area (TPSA) is 90.6 Å². The number of carbonyl (C=O) groups excluding carboxylic acids is 1. The van der Waals surface area contributed by atoms with Crippen LogP contribution in [-0.4, -0.2) is 20.9 Å². The van der Waals surface area contributed by atoms with Gasteiger partial charge in [0.2, 0.25) is 0 Å². The van der Waals surface area contributed by atoms with Crippen LogP contribution in [0.5, 0.6) is 0 Å². The number of benzene rings is 1. The summed E-state index contributed by atoms with van der Waals surface area (Å²) < 4.78 is 0. The van der Waals surface area contributed by atoms with E-state index in [9.17, 15) is 9.59 Å². The number of carbonyl (C=O) groups is 1. The number of thiazole rings is 1. The van der Waals surface area contributed by atoms with E-state index >= 15 is 0 Å². The molecule has 2 heterocycles. The van der Waals surface area contributed by atoms with Crippen molar-refractivity contribution in [1.82, 2.24) is 20.3 Å². The van der Waals surface area contributed by atoms with Crippen LogP contribution in [0.25, 0.3) is 11.0 Å². The van der Waals surface area contributed by atoms with Crippen LogP contribution < -0.4 is 11.0 Å². The van der Waals surface area contributed by atoms with Crippen LogP contribution in [-0.2, 0) is 0 Å². The first-order valence-corrected chi connectivity index (χ1v) is 8.30. The number of hydrogen-bond donors (Lipinski definition) is 3. The fourth-order valence-electron chi connectivity index (χ4n) is 2.29. The third-order valence-corrected chi connectivity index (χ3v) is 4.77. The Kier molecular flexibility index (Phi) is 4.04. The summed E-state index contributed by atoms with van der Waals surface area (Å²) in [5.41, 5.74) is 2.38. The average molecular weight is 330 g/mol. The first kappa shape index (κ1) is 15.5. The van der Waals surface area contributed by atoms with E-state index in [1.165, 1.54) is 0 Å². The lowest BCUT2D eigenvalue weighted by molar-refractivity contribution is 0.0939. The SMILES string of the molecule is CC(C)c1nc([C@@H](C)NC(=O)c2ccc3[nH]c(=O)[nH]c3c2)cs1. The zero-order valence-corrected chi connectivity index (χ0v) is 14.0. The minimum absolute atomic E-state index is 0.174. The highest BCUT2D eigenvalue weighted by atomic mass is 32.1. The van der Waals surface area contributed by atoms with Crippen molar-refractivity contribution in [2.45, 2.75) is 32.7 Å². The number of amides is 1. The maximum atomic E-state index is 12.4. The standard InChI is InChI=1S/C16H18N4O2S/c1-8(2)15-18-13(7-23-15)9(3)17-14(21)10-4-5-11-12(6-10)20-16(22)19-11/h4-9H,1-3H3,(H,17,21)(H2,19,20,22)/t9-/m1/s1. The molecule has 0 fully saturated rings. The van der Waals surface area contributed by atoms with Crippen molar-refractivity contribution in [1.29, 1.82) is 0 Å². The maximum absolute atomic E-state index is 12.4. The van der Waals surface area contributed by atoms with Crippen LogP contribution in [0.15, 0.2) is 28.4 Å². The Balaban J connectivity index is 1.77. The highest BCUT2D eigenvalue weighted by molar-refractivity contribution is 7.09. The molecule has 3 aromatic rings. The molecule has 0 aliphatic rings. The Bertz CT molecular complexity index is 906. The Labute approximate surface area is 137 Å². The summed E-state index contributed by atoms with van der Waals surface area (Å²) in [6, 6.07) is 4.89. The largest absolute Gasteiger partial charge is 0.344 e. The predicted octanol–water partition coefficient (Wildman–Crippen LogP) is 2.93. The zero-order chi connectivity index (χ0) is 16.6. The number of H-pyrrole nitrogens is 2. The fourth-order valence-corrected chi connectivity index (χ4v) is 3.22. The number of nitrogens with one attached hydrogen (secondary N) is 3. The summed E-state index contributed by atoms with van der Waals surface area (Å²) in [6.45, 7) is 6.10. The fraction of sp³-hybridized carbons (Fsp3) is 0.312. The van der Waals surface area contributed by atoms with Gasteiger partial charge in [-0.1, -0.05) is 13.8 Å². The molecule has 1 atom stereocenters. The van der Waals surface area contributed by atoms with Gasteiger partial charge >= 0.3 is 5.69 Å². The first-order valence-electron chi connectivity index (χ1n) is 7.42. The molecule has 120 valence electrons. The number of nitrogens with zero attached hydrogens (tertiary/aromatic N) is 1. The smallest absolute Gasteiger partial charge is 0.323 e. The van der Waals surface area contributed by atoms with E-state index < -0.39 is 0 Å². The van der Waals surface area contributed by atoms with Crippen molar-refractivity contribution in [3.63, 3.8) is 0 Å². The van der Waals surface area contributed by atoms with Crippen LogP contribution >= 0.6 is 11.3 Å². The van der Waals surface area contributed by atoms with Crippen LogP contribution in [0.2, 0.25) is 0 Å². The molecule has 1 aromatic carbocycles. The molecule has 0 bridgehead atoms. The summed E-state index contributed by atoms with van der Waals surface area (Å²) in [5.74, 6) is 0.185. The summed E-state index contributed by atoms with van der Waals surface area (Å²) in [7, 11) is 0. The molecule has 23 heavy (non-hydrogen) atoms. The number of rotatable bonds is 4. The second kappa shape index (κ2) is 6.00. The van der Waals surface area contributed by atoms with E-state index in [2.05, 4.69) is 34.1 Å². The van der Waals surface area contributed by atoms with E-state index in [0.29, 0.717) is 22.5 Å². The van der Waals surface area contributed by atoms with Gasteiger partial charge in [-0.15, -0.1) is 11.3 Å². The lowest BCUT2D eigenvalue weighted by Crippen LogP contribution is -2.26. The second-order valence-corrected chi connectivity index (χ2v) is 6.69. The van der Waals surface area contributed by atoms with Gasteiger partial charge in [-0.3, -0.25) is 4.79 Å². The number of fused-ring (bicyclic) bond motifs is 1. The van der Waals surface area contributed by atoms with Crippen LogP contribution in [0.4, 0.5) is 0 Å². The number of aromatic amines is 2. The normalized spacial score (nSPS) is 12.7. The van der Waals surface area contributed by atoms with Crippen LogP contribution in [0, 0.1) is 0 Å². The van der Waals surface area contributed by atoms with Crippen LogP contribution in [0.1, 0.15) is 53.8 Å². The molecule has 0 saturated heterocycles. The highest BCUT2D eigenvalue weighted by Gasteiger charge is 2.16. The third-order valence-electron chi connectivity index (χ3n) is 3.60. The van der Waals surface area contributed by atoms with Crippen molar-refractivity contribution >= 4 is 28.3 Å². The molecule has 0 spiro atoms. The van der Waals surface area contributed by atoms with Crippen molar-refractivity contribution in [2.24, 2.45) is 0 Å². The Morgan fingerprint density at radius 3 is 2.65 bits per heavy atom. The summed E-state index contributed by atoms with van der Waals surface area (Å²) in [5, 5.41) is 5.98. The van der Waals surface area contributed by atoms with Gasteiger partial charge in [0.25, 0.3) is 5.91 Å². The van der Waals surface area contributed by atoms with E-state index in [0.717, 1.165) is 10.7 Å². The number of hydrogen-bond acceptors (Lipinski definition) is 4. The van der Waals surface area contributed by atoms with Gasteiger partial charge in [0, 0.05) is 16.9 Å². The van der Waals surface area contributed by atoms with Crippen LogP contribution in [0.3, 0.4) is 0 Å².